The Morgan fingerprint density at radius 2 is 2.15 bits per heavy atom. The van der Waals surface area contributed by atoms with Crippen LogP contribution in [0.5, 0.6) is 0 Å². The number of ether oxygens (including phenoxy) is 1. The molecule has 0 radical (unpaired) electrons. The van der Waals surface area contributed by atoms with Crippen LogP contribution in [0.1, 0.15) is 44.7 Å². The molecule has 1 rings (SSSR count). The second-order valence-corrected chi connectivity index (χ2v) is 4.73. The molecule has 1 N–H and O–H groups in total. The van der Waals surface area contributed by atoms with Crippen LogP contribution in [0.3, 0.4) is 0 Å². The molecule has 5 nitrogen and oxygen atoms in total. The lowest BCUT2D eigenvalue weighted by atomic mass is 10.0. The van der Waals surface area contributed by atoms with Crippen molar-refractivity contribution in [3.8, 4) is 0 Å². The first-order valence-corrected chi connectivity index (χ1v) is 7.24. The maximum absolute atomic E-state index is 10.8. The van der Waals surface area contributed by atoms with Gasteiger partial charge in [0.1, 0.15) is 0 Å². The molecule has 0 heterocycles. The molecule has 1 unspecified atom stereocenters. The fraction of sp³-hybridized carbons (Fsp3) is 0.600. The zero-order valence-electron chi connectivity index (χ0n) is 12.3. The lowest BCUT2D eigenvalue weighted by Crippen LogP contribution is -2.23. The van der Waals surface area contributed by atoms with Crippen LogP contribution in [-0.4, -0.2) is 24.7 Å². The summed E-state index contributed by atoms with van der Waals surface area (Å²) in [5.41, 5.74) is 1.12. The Balaban J connectivity index is 2.45. The van der Waals surface area contributed by atoms with E-state index in [0.29, 0.717) is 0 Å². The largest absolute Gasteiger partial charge is 0.381 e. The molecule has 0 aliphatic heterocycles. The summed E-state index contributed by atoms with van der Waals surface area (Å²) in [7, 11) is 0. The molecule has 0 aliphatic carbocycles. The highest BCUT2D eigenvalue weighted by Crippen LogP contribution is 2.21. The number of non-ortho nitro benzene ring substituents is 1. The fourth-order valence-electron chi connectivity index (χ4n) is 2.05. The Morgan fingerprint density at radius 3 is 2.80 bits per heavy atom. The third-order valence-corrected chi connectivity index (χ3v) is 3.10. The molecule has 0 bridgehead atoms. The van der Waals surface area contributed by atoms with Gasteiger partial charge < -0.3 is 10.1 Å². The summed E-state index contributed by atoms with van der Waals surface area (Å²) in [4.78, 5) is 10.4. The third kappa shape index (κ3) is 5.67. The number of rotatable bonds is 10. The van der Waals surface area contributed by atoms with Crippen LogP contribution in [0.15, 0.2) is 24.3 Å². The van der Waals surface area contributed by atoms with Gasteiger partial charge in [-0.3, -0.25) is 10.1 Å². The number of hydrogen-bond donors (Lipinski definition) is 1. The van der Waals surface area contributed by atoms with Gasteiger partial charge in [0.2, 0.25) is 0 Å². The summed E-state index contributed by atoms with van der Waals surface area (Å²) in [5, 5.41) is 14.2. The van der Waals surface area contributed by atoms with Gasteiger partial charge >= 0.3 is 0 Å². The van der Waals surface area contributed by atoms with E-state index in [1.165, 1.54) is 6.07 Å². The van der Waals surface area contributed by atoms with Crippen LogP contribution in [0, 0.1) is 10.1 Å². The number of hydrogen-bond acceptors (Lipinski definition) is 4. The smallest absolute Gasteiger partial charge is 0.269 e. The van der Waals surface area contributed by atoms with Crippen molar-refractivity contribution in [2.24, 2.45) is 0 Å². The molecule has 5 heteroatoms. The summed E-state index contributed by atoms with van der Waals surface area (Å²) in [5.74, 6) is 0. The van der Waals surface area contributed by atoms with Gasteiger partial charge in [-0.2, -0.15) is 0 Å². The molecule has 0 aliphatic rings. The number of nitro groups is 1. The summed E-state index contributed by atoms with van der Waals surface area (Å²) < 4.78 is 5.43. The van der Waals surface area contributed by atoms with Crippen molar-refractivity contribution in [2.75, 3.05) is 19.8 Å². The molecule has 0 saturated heterocycles. The molecule has 1 atom stereocenters. The molecule has 1 aromatic carbocycles. The molecule has 20 heavy (non-hydrogen) atoms. The van der Waals surface area contributed by atoms with Crippen LogP contribution < -0.4 is 5.32 Å². The average Bonchev–Trinajstić information content (AvgIpc) is 2.46. The Bertz CT molecular complexity index is 410. The number of nitrogens with one attached hydrogen (secondary N) is 1. The second kappa shape index (κ2) is 9.44. The monoisotopic (exact) mass is 280 g/mol. The highest BCUT2D eigenvalue weighted by atomic mass is 16.6. The Hall–Kier alpha value is -1.46. The quantitative estimate of drug-likeness (QED) is 0.405. The first-order valence-electron chi connectivity index (χ1n) is 7.24. The predicted molar refractivity (Wildman–Crippen MR) is 79.9 cm³/mol. The summed E-state index contributed by atoms with van der Waals surface area (Å²) in [6.45, 7) is 6.58. The lowest BCUT2D eigenvalue weighted by Gasteiger charge is -2.17. The molecular weight excluding hydrogens is 256 g/mol. The van der Waals surface area contributed by atoms with Crippen molar-refractivity contribution in [1.82, 2.24) is 5.32 Å². The highest BCUT2D eigenvalue weighted by molar-refractivity contribution is 5.35. The van der Waals surface area contributed by atoms with Gasteiger partial charge in [0.25, 0.3) is 5.69 Å². The van der Waals surface area contributed by atoms with E-state index in [2.05, 4.69) is 19.2 Å². The van der Waals surface area contributed by atoms with Crippen LogP contribution in [0.4, 0.5) is 5.69 Å². The molecule has 0 fully saturated rings. The number of benzene rings is 1. The Labute approximate surface area is 120 Å². The van der Waals surface area contributed by atoms with Crippen LogP contribution in [-0.2, 0) is 4.74 Å². The molecule has 0 spiro atoms. The van der Waals surface area contributed by atoms with Crippen LogP contribution >= 0.6 is 0 Å². The summed E-state index contributed by atoms with van der Waals surface area (Å²) in [6, 6.07) is 6.99. The molecule has 112 valence electrons. The minimum absolute atomic E-state index is 0.147. The third-order valence-electron chi connectivity index (χ3n) is 3.10. The van der Waals surface area contributed by atoms with Gasteiger partial charge in [0, 0.05) is 31.4 Å². The van der Waals surface area contributed by atoms with E-state index in [9.17, 15) is 10.1 Å². The van der Waals surface area contributed by atoms with E-state index in [1.807, 2.05) is 6.07 Å². The number of nitrogens with zero attached hydrogens (tertiary/aromatic N) is 1. The van der Waals surface area contributed by atoms with E-state index < -0.39 is 0 Å². The van der Waals surface area contributed by atoms with Gasteiger partial charge in [-0.05, 0) is 31.4 Å². The normalized spacial score (nSPS) is 12.3. The molecule has 1 aromatic rings. The standard InChI is InChI=1S/C15H24N2O3/c1-3-10-20-11-6-9-16-15(4-2)13-7-5-8-14(12-13)17(18)19/h5,7-8,12,15-16H,3-4,6,9-11H2,1-2H3. The molecular formula is C15H24N2O3. The summed E-state index contributed by atoms with van der Waals surface area (Å²) >= 11 is 0. The average molecular weight is 280 g/mol. The topological polar surface area (TPSA) is 64.4 Å². The zero-order chi connectivity index (χ0) is 14.8. The molecule has 0 amide bonds. The van der Waals surface area contributed by atoms with Crippen LogP contribution in [0.25, 0.3) is 0 Å². The van der Waals surface area contributed by atoms with Gasteiger partial charge in [-0.1, -0.05) is 26.0 Å². The van der Waals surface area contributed by atoms with E-state index in [1.54, 1.807) is 12.1 Å². The first kappa shape index (κ1) is 16.6. The van der Waals surface area contributed by atoms with E-state index in [-0.39, 0.29) is 16.7 Å². The zero-order valence-corrected chi connectivity index (χ0v) is 12.3. The van der Waals surface area contributed by atoms with Gasteiger partial charge in [0.05, 0.1) is 4.92 Å². The maximum atomic E-state index is 10.8. The molecule has 0 aromatic heterocycles. The van der Waals surface area contributed by atoms with Crippen molar-refractivity contribution in [3.63, 3.8) is 0 Å². The Morgan fingerprint density at radius 1 is 1.35 bits per heavy atom. The van der Waals surface area contributed by atoms with Crippen molar-refractivity contribution < 1.29 is 9.66 Å². The van der Waals surface area contributed by atoms with Gasteiger partial charge in [-0.15, -0.1) is 0 Å². The Kier molecular flexibility index (Phi) is 7.84. The minimum Gasteiger partial charge on any atom is -0.381 e. The van der Waals surface area contributed by atoms with Crippen molar-refractivity contribution in [3.05, 3.63) is 39.9 Å². The highest BCUT2D eigenvalue weighted by Gasteiger charge is 2.12. The van der Waals surface area contributed by atoms with Crippen molar-refractivity contribution >= 4 is 5.69 Å². The minimum atomic E-state index is -0.352. The summed E-state index contributed by atoms with van der Waals surface area (Å²) in [6.07, 6.45) is 2.89. The fourth-order valence-corrected chi connectivity index (χ4v) is 2.05. The SMILES string of the molecule is CCCOCCCNC(CC)c1cccc([N+](=O)[O-])c1. The van der Waals surface area contributed by atoms with Crippen molar-refractivity contribution in [1.29, 1.82) is 0 Å². The first-order chi connectivity index (χ1) is 9.69. The van der Waals surface area contributed by atoms with Gasteiger partial charge in [-0.25, -0.2) is 0 Å². The van der Waals surface area contributed by atoms with Gasteiger partial charge in [0.15, 0.2) is 0 Å². The van der Waals surface area contributed by atoms with Crippen molar-refractivity contribution in [2.45, 2.75) is 39.2 Å². The van der Waals surface area contributed by atoms with E-state index in [0.717, 1.165) is 44.6 Å². The van der Waals surface area contributed by atoms with E-state index in [4.69, 9.17) is 4.74 Å². The second-order valence-electron chi connectivity index (χ2n) is 4.73. The lowest BCUT2D eigenvalue weighted by molar-refractivity contribution is -0.384. The molecule has 0 saturated carbocycles. The maximum Gasteiger partial charge on any atom is 0.269 e. The number of nitro benzene ring substituents is 1. The van der Waals surface area contributed by atoms with Crippen LogP contribution in [0.2, 0.25) is 0 Å². The predicted octanol–water partition coefficient (Wildman–Crippen LogP) is 3.45. The van der Waals surface area contributed by atoms with E-state index >= 15 is 0 Å².